The van der Waals surface area contributed by atoms with Crippen LogP contribution in [0.2, 0.25) is 5.02 Å². The van der Waals surface area contributed by atoms with E-state index in [4.69, 9.17) is 16.3 Å². The number of morpholine rings is 1. The number of benzene rings is 3. The highest BCUT2D eigenvalue weighted by Gasteiger charge is 2.24. The summed E-state index contributed by atoms with van der Waals surface area (Å²) in [6.07, 6.45) is 0.104. The van der Waals surface area contributed by atoms with Crippen LogP contribution < -0.4 is 10.6 Å². The molecule has 7 heteroatoms. The highest BCUT2D eigenvalue weighted by molar-refractivity contribution is 6.33. The Kier molecular flexibility index (Phi) is 8.90. The van der Waals surface area contributed by atoms with Crippen LogP contribution in [0.4, 0.5) is 0 Å². The first kappa shape index (κ1) is 24.9. The van der Waals surface area contributed by atoms with Crippen molar-refractivity contribution in [1.29, 1.82) is 0 Å². The first-order valence-electron chi connectivity index (χ1n) is 11.8. The zero-order chi connectivity index (χ0) is 24.5. The Morgan fingerprint density at radius 1 is 0.800 bits per heavy atom. The SMILES string of the molecule is O=C(CC(NC(=O)c1ccccc1Cl)c1ccccc1)NC(CN1CCOCC1)c1ccccc1. The van der Waals surface area contributed by atoms with Crippen molar-refractivity contribution in [2.75, 3.05) is 32.8 Å². The van der Waals surface area contributed by atoms with Gasteiger partial charge in [-0.2, -0.15) is 0 Å². The van der Waals surface area contributed by atoms with Crippen LogP contribution >= 0.6 is 11.6 Å². The normalized spacial score (nSPS) is 15.7. The van der Waals surface area contributed by atoms with E-state index in [2.05, 4.69) is 15.5 Å². The predicted molar refractivity (Wildman–Crippen MR) is 137 cm³/mol. The Hall–Kier alpha value is -3.19. The third-order valence-electron chi connectivity index (χ3n) is 6.10. The molecule has 1 aliphatic rings. The van der Waals surface area contributed by atoms with Crippen LogP contribution in [-0.4, -0.2) is 49.6 Å². The molecular weight excluding hydrogens is 462 g/mol. The van der Waals surface area contributed by atoms with Crippen LogP contribution in [0.15, 0.2) is 84.9 Å². The second-order valence-corrected chi connectivity index (χ2v) is 8.97. The monoisotopic (exact) mass is 491 g/mol. The number of halogens is 1. The van der Waals surface area contributed by atoms with E-state index >= 15 is 0 Å². The Labute approximate surface area is 211 Å². The number of amides is 2. The summed E-state index contributed by atoms with van der Waals surface area (Å²) in [6, 6.07) is 25.7. The summed E-state index contributed by atoms with van der Waals surface area (Å²) in [5.41, 5.74) is 2.28. The van der Waals surface area contributed by atoms with Crippen molar-refractivity contribution in [1.82, 2.24) is 15.5 Å². The predicted octanol–water partition coefficient (Wildman–Crippen LogP) is 4.39. The van der Waals surface area contributed by atoms with Crippen LogP contribution in [-0.2, 0) is 9.53 Å². The first-order valence-corrected chi connectivity index (χ1v) is 12.2. The number of hydrogen-bond donors (Lipinski definition) is 2. The lowest BCUT2D eigenvalue weighted by molar-refractivity contribution is -0.122. The Morgan fingerprint density at radius 3 is 2.00 bits per heavy atom. The molecule has 1 aliphatic heterocycles. The molecule has 6 nitrogen and oxygen atoms in total. The van der Waals surface area contributed by atoms with Crippen LogP contribution in [0.5, 0.6) is 0 Å². The van der Waals surface area contributed by atoms with Crippen LogP contribution in [0, 0.1) is 0 Å². The van der Waals surface area contributed by atoms with Gasteiger partial charge in [-0.25, -0.2) is 0 Å². The molecule has 0 aliphatic carbocycles. The van der Waals surface area contributed by atoms with Gasteiger partial charge in [-0.1, -0.05) is 84.4 Å². The molecular formula is C28H30ClN3O3. The molecule has 2 atom stereocenters. The number of nitrogens with one attached hydrogen (secondary N) is 2. The lowest BCUT2D eigenvalue weighted by Crippen LogP contribution is -2.43. The molecule has 3 aromatic carbocycles. The maximum Gasteiger partial charge on any atom is 0.253 e. The van der Waals surface area contributed by atoms with Crippen LogP contribution in [0.3, 0.4) is 0 Å². The molecule has 3 aromatic rings. The van der Waals surface area contributed by atoms with Crippen LogP contribution in [0.25, 0.3) is 0 Å². The molecule has 35 heavy (non-hydrogen) atoms. The zero-order valence-corrected chi connectivity index (χ0v) is 20.3. The molecule has 1 fully saturated rings. The van der Waals surface area contributed by atoms with E-state index < -0.39 is 6.04 Å². The smallest absolute Gasteiger partial charge is 0.253 e. The lowest BCUT2D eigenvalue weighted by Gasteiger charge is -2.31. The number of carbonyl (C=O) groups is 2. The summed E-state index contributed by atoms with van der Waals surface area (Å²) in [5.74, 6) is -0.453. The second-order valence-electron chi connectivity index (χ2n) is 8.56. The minimum Gasteiger partial charge on any atom is -0.379 e. The van der Waals surface area contributed by atoms with E-state index in [1.807, 2.05) is 60.7 Å². The van der Waals surface area contributed by atoms with E-state index in [0.717, 1.165) is 24.2 Å². The lowest BCUT2D eigenvalue weighted by atomic mass is 10.0. The van der Waals surface area contributed by atoms with Gasteiger partial charge in [0.1, 0.15) is 0 Å². The summed E-state index contributed by atoms with van der Waals surface area (Å²) in [5, 5.41) is 6.58. The van der Waals surface area contributed by atoms with Crippen molar-refractivity contribution in [2.24, 2.45) is 0 Å². The van der Waals surface area contributed by atoms with Gasteiger partial charge in [-0.15, -0.1) is 0 Å². The van der Waals surface area contributed by atoms with Gasteiger partial charge in [0.25, 0.3) is 5.91 Å². The molecule has 0 aromatic heterocycles. The number of rotatable bonds is 9. The fraction of sp³-hybridized carbons (Fsp3) is 0.286. The fourth-order valence-electron chi connectivity index (χ4n) is 4.22. The van der Waals surface area contributed by atoms with Crippen molar-refractivity contribution < 1.29 is 14.3 Å². The molecule has 2 N–H and O–H groups in total. The summed E-state index contributed by atoms with van der Waals surface area (Å²) in [6.45, 7) is 3.75. The molecule has 2 amide bonds. The summed E-state index contributed by atoms with van der Waals surface area (Å²) in [4.78, 5) is 28.6. The minimum atomic E-state index is -0.500. The quantitative estimate of drug-likeness (QED) is 0.465. The van der Waals surface area contributed by atoms with Crippen molar-refractivity contribution in [3.8, 4) is 0 Å². The largest absolute Gasteiger partial charge is 0.379 e. The highest BCUT2D eigenvalue weighted by Crippen LogP contribution is 2.22. The standard InChI is InChI=1S/C28H30ClN3O3/c29-24-14-8-7-13-23(24)28(34)31-25(21-9-3-1-4-10-21)19-27(33)30-26(22-11-5-2-6-12-22)20-32-15-17-35-18-16-32/h1-14,25-26H,15-20H2,(H,30,33)(H,31,34). The van der Waals surface area contributed by atoms with Gasteiger partial charge in [0.15, 0.2) is 0 Å². The maximum absolute atomic E-state index is 13.3. The molecule has 4 rings (SSSR count). The average molecular weight is 492 g/mol. The first-order chi connectivity index (χ1) is 17.1. The second kappa shape index (κ2) is 12.5. The van der Waals surface area contributed by atoms with E-state index in [0.29, 0.717) is 30.3 Å². The number of nitrogens with zero attached hydrogens (tertiary/aromatic N) is 1. The van der Waals surface area contributed by atoms with Gasteiger partial charge < -0.3 is 15.4 Å². The average Bonchev–Trinajstić information content (AvgIpc) is 2.90. The minimum absolute atomic E-state index is 0.104. The highest BCUT2D eigenvalue weighted by atomic mass is 35.5. The van der Waals surface area contributed by atoms with E-state index in [-0.39, 0.29) is 24.3 Å². The third kappa shape index (κ3) is 7.15. The maximum atomic E-state index is 13.3. The Bertz CT molecular complexity index is 1100. The van der Waals surface area contributed by atoms with Crippen molar-refractivity contribution in [3.05, 3.63) is 107 Å². The molecule has 1 saturated heterocycles. The zero-order valence-electron chi connectivity index (χ0n) is 19.5. The van der Waals surface area contributed by atoms with Crippen molar-refractivity contribution >= 4 is 23.4 Å². The number of ether oxygens (including phenoxy) is 1. The summed E-state index contributed by atoms with van der Waals surface area (Å²) >= 11 is 6.23. The van der Waals surface area contributed by atoms with Gasteiger partial charge in [0.05, 0.1) is 42.3 Å². The van der Waals surface area contributed by atoms with E-state index in [1.165, 1.54) is 0 Å². The summed E-state index contributed by atoms with van der Waals surface area (Å²) < 4.78 is 5.47. The van der Waals surface area contributed by atoms with Crippen LogP contribution in [0.1, 0.15) is 40.0 Å². The molecule has 0 saturated carbocycles. The van der Waals surface area contributed by atoms with Gasteiger partial charge in [0.2, 0.25) is 5.91 Å². The van der Waals surface area contributed by atoms with Crippen molar-refractivity contribution in [3.63, 3.8) is 0 Å². The molecule has 2 unspecified atom stereocenters. The van der Waals surface area contributed by atoms with Gasteiger partial charge >= 0.3 is 0 Å². The van der Waals surface area contributed by atoms with Gasteiger partial charge in [-0.3, -0.25) is 14.5 Å². The molecule has 0 bridgehead atoms. The number of carbonyl (C=O) groups excluding carboxylic acids is 2. The third-order valence-corrected chi connectivity index (χ3v) is 6.43. The Balaban J connectivity index is 1.49. The molecule has 1 heterocycles. The van der Waals surface area contributed by atoms with E-state index in [9.17, 15) is 9.59 Å². The molecule has 0 radical (unpaired) electrons. The van der Waals surface area contributed by atoms with Gasteiger partial charge in [-0.05, 0) is 23.3 Å². The molecule has 0 spiro atoms. The summed E-state index contributed by atoms with van der Waals surface area (Å²) in [7, 11) is 0. The number of hydrogen-bond acceptors (Lipinski definition) is 4. The van der Waals surface area contributed by atoms with E-state index in [1.54, 1.807) is 24.3 Å². The van der Waals surface area contributed by atoms with Crippen molar-refractivity contribution in [2.45, 2.75) is 18.5 Å². The molecule has 182 valence electrons. The Morgan fingerprint density at radius 2 is 1.37 bits per heavy atom. The fourth-order valence-corrected chi connectivity index (χ4v) is 4.44. The van der Waals surface area contributed by atoms with Gasteiger partial charge in [0, 0.05) is 19.6 Å². The topological polar surface area (TPSA) is 70.7 Å².